The molecule has 76 valence electrons. The van der Waals surface area contributed by atoms with Crippen molar-refractivity contribution in [2.24, 2.45) is 0 Å². The van der Waals surface area contributed by atoms with E-state index in [1.54, 1.807) is 0 Å². The molecule has 0 aromatic heterocycles. The zero-order chi connectivity index (χ0) is 10.6. The molecule has 0 unspecified atom stereocenters. The van der Waals surface area contributed by atoms with Crippen LogP contribution >= 0.6 is 0 Å². The third-order valence-electron chi connectivity index (χ3n) is 1.25. The van der Waals surface area contributed by atoms with Gasteiger partial charge >= 0.3 is 66.6 Å². The molecule has 16 heavy (non-hydrogen) atoms. The summed E-state index contributed by atoms with van der Waals surface area (Å²) in [5.74, 6) is -5.98. The van der Waals surface area contributed by atoms with Gasteiger partial charge in [-0.25, -0.2) is 0 Å². The molecule has 0 amide bonds. The first-order valence-corrected chi connectivity index (χ1v) is 3.11. The van der Waals surface area contributed by atoms with E-state index < -0.39 is 36.4 Å². The minimum absolute atomic E-state index is 0. The number of hydrogen-bond acceptors (Lipinski definition) is 7. The van der Waals surface area contributed by atoms with Gasteiger partial charge in [0.25, 0.3) is 0 Å². The molecule has 1 N–H and O–H groups in total. The molecule has 0 bridgehead atoms. The molecular weight excluding hydrogens is 444 g/mol. The van der Waals surface area contributed by atoms with Crippen molar-refractivity contribution in [1.29, 1.82) is 0 Å². The standard InChI is InChI=1S/C6H8O7.Al.Bi.Mg/c7-3(8)1-6(13,5(11)12)2-4(9)10;;;/h13H,1-2H2,(H,7,8)(H,9,10)(H,11,12);;;/q;2*+3;+2/p-3. The van der Waals surface area contributed by atoms with Crippen molar-refractivity contribution in [1.82, 2.24) is 0 Å². The van der Waals surface area contributed by atoms with Crippen molar-refractivity contribution < 1.29 is 34.8 Å². The van der Waals surface area contributed by atoms with Gasteiger partial charge in [0.05, 0.1) is 5.97 Å². The van der Waals surface area contributed by atoms with Crippen molar-refractivity contribution in [3.63, 3.8) is 0 Å². The van der Waals surface area contributed by atoms with E-state index in [0.29, 0.717) is 0 Å². The Morgan fingerprint density at radius 2 is 1.25 bits per heavy atom. The normalized spacial score (nSPS) is 8.81. The smallest absolute Gasteiger partial charge is 0.550 e. The van der Waals surface area contributed by atoms with Gasteiger partial charge < -0.3 is 34.8 Å². The van der Waals surface area contributed by atoms with Crippen molar-refractivity contribution >= 4 is 84.5 Å². The molecule has 0 rings (SSSR count). The van der Waals surface area contributed by atoms with E-state index in [-0.39, 0.29) is 66.6 Å². The number of hydrogen-bond donors (Lipinski definition) is 1. The minimum atomic E-state index is -2.97. The van der Waals surface area contributed by atoms with Gasteiger partial charge in [0.15, 0.2) is 0 Å². The van der Waals surface area contributed by atoms with Gasteiger partial charge in [-0.15, -0.1) is 0 Å². The monoisotopic (exact) mass is 449 g/mol. The quantitative estimate of drug-likeness (QED) is 0.412. The van der Waals surface area contributed by atoms with Crippen LogP contribution in [-0.2, 0) is 14.4 Å². The van der Waals surface area contributed by atoms with Crippen LogP contribution in [0.4, 0.5) is 0 Å². The molecule has 0 atom stereocenters. The average Bonchev–Trinajstić information content (AvgIpc) is 1.82. The Bertz CT molecular complexity index is 243. The van der Waals surface area contributed by atoms with Crippen molar-refractivity contribution in [3.05, 3.63) is 0 Å². The maximum absolute atomic E-state index is 10.1. The van der Waals surface area contributed by atoms with Crippen LogP contribution in [0, 0.1) is 0 Å². The number of carbonyl (C=O) groups is 3. The van der Waals surface area contributed by atoms with E-state index in [1.807, 2.05) is 0 Å². The molecule has 0 saturated carbocycles. The van der Waals surface area contributed by atoms with Crippen LogP contribution < -0.4 is 15.3 Å². The Labute approximate surface area is 137 Å². The van der Waals surface area contributed by atoms with Crippen LogP contribution in [0.5, 0.6) is 0 Å². The molecule has 2 radical (unpaired) electrons. The van der Waals surface area contributed by atoms with Crippen molar-refractivity contribution in [2.45, 2.75) is 18.4 Å². The van der Waals surface area contributed by atoms with E-state index in [4.69, 9.17) is 5.11 Å². The number of rotatable bonds is 5. The Morgan fingerprint density at radius 1 is 1.00 bits per heavy atom. The number of carbonyl (C=O) groups excluding carboxylic acids is 3. The first kappa shape index (κ1) is 25.4. The van der Waals surface area contributed by atoms with Crippen LogP contribution in [0.15, 0.2) is 0 Å². The Morgan fingerprint density at radius 3 is 1.38 bits per heavy atom. The second kappa shape index (κ2) is 10.7. The summed E-state index contributed by atoms with van der Waals surface area (Å²) in [6.07, 6.45) is -2.72. The van der Waals surface area contributed by atoms with Crippen molar-refractivity contribution in [2.75, 3.05) is 0 Å². The van der Waals surface area contributed by atoms with Gasteiger partial charge in [-0.05, 0) is 0 Å². The zero-order valence-electron chi connectivity index (χ0n) is 8.04. The summed E-state index contributed by atoms with van der Waals surface area (Å²) < 4.78 is 0. The maximum atomic E-state index is 10.1. The summed E-state index contributed by atoms with van der Waals surface area (Å²) in [6, 6.07) is 0. The SMILES string of the molecule is O=C([O-])CC(O)(CC(=O)[O-])C(=O)[O-].[Al+3].[Bi+3].[Mg+2]. The summed E-state index contributed by atoms with van der Waals surface area (Å²) in [7, 11) is 0. The molecule has 0 saturated heterocycles. The molecule has 0 aliphatic heterocycles. The second-order valence-corrected chi connectivity index (χ2v) is 2.42. The Balaban J connectivity index is -0.000000240. The summed E-state index contributed by atoms with van der Waals surface area (Å²) in [5.41, 5.74) is -2.97. The topological polar surface area (TPSA) is 141 Å². The fourth-order valence-corrected chi connectivity index (χ4v) is 0.684. The van der Waals surface area contributed by atoms with Gasteiger partial charge in [0.2, 0.25) is 0 Å². The fraction of sp³-hybridized carbons (Fsp3) is 0.500. The Kier molecular flexibility index (Phi) is 17.0. The van der Waals surface area contributed by atoms with E-state index in [2.05, 4.69) is 0 Å². The fourth-order valence-electron chi connectivity index (χ4n) is 0.684. The van der Waals surface area contributed by atoms with Crippen molar-refractivity contribution in [3.8, 4) is 0 Å². The molecule has 0 aromatic rings. The van der Waals surface area contributed by atoms with Gasteiger partial charge in [0.1, 0.15) is 5.60 Å². The number of carboxylic acid groups (broad SMARTS) is 3. The molecule has 10 heteroatoms. The molecule has 0 fully saturated rings. The summed E-state index contributed by atoms with van der Waals surface area (Å²) in [5, 5.41) is 38.9. The van der Waals surface area contributed by atoms with Crippen LogP contribution in [0.25, 0.3) is 0 Å². The van der Waals surface area contributed by atoms with Crippen LogP contribution in [0.2, 0.25) is 0 Å². The number of carboxylic acids is 3. The maximum Gasteiger partial charge on any atom is 3.00 e. The first-order chi connectivity index (χ1) is 5.78. The van der Waals surface area contributed by atoms with Gasteiger partial charge in [0, 0.05) is 24.8 Å². The zero-order valence-corrected chi connectivity index (χ0v) is 14.1. The van der Waals surface area contributed by atoms with E-state index >= 15 is 0 Å². The van der Waals surface area contributed by atoms with E-state index in [1.165, 1.54) is 0 Å². The molecule has 0 heterocycles. The average molecular weight is 449 g/mol. The van der Waals surface area contributed by atoms with Crippen LogP contribution in [0.1, 0.15) is 12.8 Å². The predicted octanol–water partition coefficient (Wildman–Crippen LogP) is -6.39. The number of aliphatic hydroxyl groups is 1. The largest absolute Gasteiger partial charge is 3.00 e. The summed E-state index contributed by atoms with van der Waals surface area (Å²) in [6.45, 7) is 0. The molecule has 0 aromatic carbocycles. The summed E-state index contributed by atoms with van der Waals surface area (Å²) >= 11 is 0. The van der Waals surface area contributed by atoms with Gasteiger partial charge in [-0.1, -0.05) is 0 Å². The van der Waals surface area contributed by atoms with Crippen LogP contribution in [-0.4, -0.2) is 95.2 Å². The molecular formula is C6H5AlBiMgO7+5. The third-order valence-corrected chi connectivity index (χ3v) is 1.25. The molecule has 7 nitrogen and oxygen atoms in total. The summed E-state index contributed by atoms with van der Waals surface area (Å²) in [4.78, 5) is 30.0. The second-order valence-electron chi connectivity index (χ2n) is 2.42. The van der Waals surface area contributed by atoms with Crippen LogP contribution in [0.3, 0.4) is 0 Å². The number of aliphatic carboxylic acids is 3. The molecule has 0 aliphatic rings. The Hall–Kier alpha value is 0.552. The van der Waals surface area contributed by atoms with E-state index in [0.717, 1.165) is 0 Å². The van der Waals surface area contributed by atoms with Gasteiger partial charge in [-0.2, -0.15) is 0 Å². The minimum Gasteiger partial charge on any atom is -0.550 e. The predicted molar refractivity (Wildman–Crippen MR) is 46.5 cm³/mol. The molecule has 0 spiro atoms. The molecule has 0 aliphatic carbocycles. The first-order valence-electron chi connectivity index (χ1n) is 3.11. The van der Waals surface area contributed by atoms with E-state index in [9.17, 15) is 29.7 Å². The van der Waals surface area contributed by atoms with Gasteiger partial charge in [-0.3, -0.25) is 0 Å². The third kappa shape index (κ3) is 9.75.